The molecule has 2 heterocycles. The van der Waals surface area contributed by atoms with Crippen molar-refractivity contribution in [1.82, 2.24) is 9.13 Å². The molecule has 0 N–H and O–H groups in total. The second-order valence-corrected chi connectivity index (χ2v) is 11.4. The predicted molar refractivity (Wildman–Crippen MR) is 86.6 cm³/mol. The summed E-state index contributed by atoms with van der Waals surface area (Å²) in [5, 5.41) is 0. The monoisotopic (exact) mass is 284 g/mol. The van der Waals surface area contributed by atoms with E-state index < -0.39 is 8.96 Å². The highest BCUT2D eigenvalue weighted by Gasteiger charge is 2.17. The highest BCUT2D eigenvalue weighted by atomic mass is 28.3. The SMILES string of the molecule is C[SiH](CCC[SiH2]N1CCCCC1)N1CCCCC1. The Morgan fingerprint density at radius 3 is 2.17 bits per heavy atom. The lowest BCUT2D eigenvalue weighted by Gasteiger charge is -2.32. The van der Waals surface area contributed by atoms with Gasteiger partial charge in [0.15, 0.2) is 0 Å². The van der Waals surface area contributed by atoms with E-state index in [1.54, 1.807) is 18.5 Å². The van der Waals surface area contributed by atoms with Gasteiger partial charge in [-0.05, 0) is 57.9 Å². The van der Waals surface area contributed by atoms with Gasteiger partial charge in [-0.3, -0.25) is 0 Å². The molecule has 0 bridgehead atoms. The number of nitrogens with zero attached hydrogens (tertiary/aromatic N) is 2. The van der Waals surface area contributed by atoms with Crippen molar-refractivity contribution in [3.05, 3.63) is 0 Å². The van der Waals surface area contributed by atoms with Crippen molar-refractivity contribution >= 4 is 18.6 Å². The Hall–Kier alpha value is 0.354. The third-order valence-electron chi connectivity index (χ3n) is 4.81. The van der Waals surface area contributed by atoms with E-state index in [0.29, 0.717) is 0 Å². The van der Waals surface area contributed by atoms with Gasteiger partial charge in [-0.2, -0.15) is 0 Å². The van der Waals surface area contributed by atoms with E-state index in [2.05, 4.69) is 15.7 Å². The average Bonchev–Trinajstić information content (AvgIpc) is 2.45. The molecule has 2 aliphatic rings. The Morgan fingerprint density at radius 1 is 0.889 bits per heavy atom. The fourth-order valence-corrected chi connectivity index (χ4v) is 8.42. The molecule has 2 nitrogen and oxygen atoms in total. The van der Waals surface area contributed by atoms with Crippen molar-refractivity contribution < 1.29 is 0 Å². The molecule has 0 spiro atoms. The van der Waals surface area contributed by atoms with Crippen LogP contribution in [0.3, 0.4) is 0 Å². The molecule has 2 fully saturated rings. The van der Waals surface area contributed by atoms with Crippen molar-refractivity contribution in [2.45, 2.75) is 63.6 Å². The third kappa shape index (κ3) is 5.15. The molecule has 0 amide bonds. The third-order valence-corrected chi connectivity index (χ3v) is 9.90. The van der Waals surface area contributed by atoms with Crippen LogP contribution in [0.2, 0.25) is 18.6 Å². The molecule has 0 aliphatic carbocycles. The van der Waals surface area contributed by atoms with Crippen LogP contribution in [0.1, 0.15) is 44.9 Å². The Kier molecular flexibility index (Phi) is 6.98. The summed E-state index contributed by atoms with van der Waals surface area (Å²) in [4.78, 5) is 0. The minimum atomic E-state index is -0.521. The van der Waals surface area contributed by atoms with Crippen LogP contribution in [-0.4, -0.2) is 53.9 Å². The van der Waals surface area contributed by atoms with Gasteiger partial charge < -0.3 is 9.13 Å². The molecule has 2 saturated heterocycles. The van der Waals surface area contributed by atoms with Crippen LogP contribution in [-0.2, 0) is 0 Å². The van der Waals surface area contributed by atoms with E-state index >= 15 is 0 Å². The van der Waals surface area contributed by atoms with Crippen LogP contribution in [0, 0.1) is 0 Å². The Bertz CT molecular complexity index is 214. The second-order valence-electron chi connectivity index (χ2n) is 6.34. The van der Waals surface area contributed by atoms with E-state index in [4.69, 9.17) is 0 Å². The standard InChI is InChI=1S/C14H32N2Si2/c1-18(16-11-6-3-7-12-16)14-8-13-17-15-9-4-2-5-10-15/h18H,2-14,17H2,1H3. The van der Waals surface area contributed by atoms with Gasteiger partial charge in [0.2, 0.25) is 0 Å². The first-order valence-electron chi connectivity index (χ1n) is 8.32. The largest absolute Gasteiger partial charge is 0.329 e. The Morgan fingerprint density at radius 2 is 1.50 bits per heavy atom. The van der Waals surface area contributed by atoms with Crippen LogP contribution >= 0.6 is 0 Å². The summed E-state index contributed by atoms with van der Waals surface area (Å²) < 4.78 is 5.70. The van der Waals surface area contributed by atoms with Gasteiger partial charge in [-0.1, -0.05) is 31.9 Å². The molecule has 4 heteroatoms. The van der Waals surface area contributed by atoms with E-state index in [1.807, 2.05) is 0 Å². The zero-order valence-corrected chi connectivity index (χ0v) is 14.9. The number of hydrogen-bond donors (Lipinski definition) is 0. The number of piperidine rings is 2. The highest BCUT2D eigenvalue weighted by molar-refractivity contribution is 6.54. The van der Waals surface area contributed by atoms with Crippen molar-refractivity contribution in [2.75, 3.05) is 26.2 Å². The first-order chi connectivity index (χ1) is 8.86. The zero-order chi connectivity index (χ0) is 12.6. The molecular weight excluding hydrogens is 252 g/mol. The first kappa shape index (κ1) is 14.8. The van der Waals surface area contributed by atoms with Gasteiger partial charge in [0.1, 0.15) is 8.96 Å². The summed E-state index contributed by atoms with van der Waals surface area (Å²) in [6.07, 6.45) is 10.4. The van der Waals surface area contributed by atoms with Crippen molar-refractivity contribution in [3.8, 4) is 0 Å². The van der Waals surface area contributed by atoms with Gasteiger partial charge >= 0.3 is 0 Å². The Labute approximate surface area is 118 Å². The molecule has 0 aromatic rings. The van der Waals surface area contributed by atoms with Crippen LogP contribution < -0.4 is 0 Å². The van der Waals surface area contributed by atoms with E-state index in [1.165, 1.54) is 64.7 Å². The van der Waals surface area contributed by atoms with Crippen molar-refractivity contribution in [2.24, 2.45) is 0 Å². The molecule has 0 aromatic carbocycles. The Balaban J connectivity index is 1.51. The lowest BCUT2D eigenvalue weighted by atomic mass is 10.2. The molecule has 1 unspecified atom stereocenters. The van der Waals surface area contributed by atoms with Crippen LogP contribution in [0.4, 0.5) is 0 Å². The van der Waals surface area contributed by atoms with Gasteiger partial charge in [0.25, 0.3) is 0 Å². The summed E-state index contributed by atoms with van der Waals surface area (Å²) in [6.45, 7) is 8.32. The summed E-state index contributed by atoms with van der Waals surface area (Å²) in [6, 6.07) is 3.17. The first-order valence-corrected chi connectivity index (χ1v) is 12.4. The fraction of sp³-hybridized carbons (Fsp3) is 1.00. The fourth-order valence-electron chi connectivity index (χ4n) is 3.50. The lowest BCUT2D eigenvalue weighted by molar-refractivity contribution is 0.351. The maximum Gasteiger partial charge on any atom is 0.108 e. The van der Waals surface area contributed by atoms with Gasteiger partial charge in [-0.15, -0.1) is 0 Å². The van der Waals surface area contributed by atoms with E-state index in [-0.39, 0.29) is 9.68 Å². The molecule has 18 heavy (non-hydrogen) atoms. The van der Waals surface area contributed by atoms with Crippen LogP contribution in [0.25, 0.3) is 0 Å². The minimum Gasteiger partial charge on any atom is -0.329 e. The number of rotatable bonds is 6. The summed E-state index contributed by atoms with van der Waals surface area (Å²) in [5.74, 6) is 0. The smallest absolute Gasteiger partial charge is 0.108 e. The predicted octanol–water partition coefficient (Wildman–Crippen LogP) is 2.20. The van der Waals surface area contributed by atoms with Crippen molar-refractivity contribution in [1.29, 1.82) is 0 Å². The molecule has 0 radical (unpaired) electrons. The maximum absolute atomic E-state index is 2.87. The van der Waals surface area contributed by atoms with E-state index in [9.17, 15) is 0 Å². The zero-order valence-electron chi connectivity index (χ0n) is 12.4. The van der Waals surface area contributed by atoms with Gasteiger partial charge in [-0.25, -0.2) is 0 Å². The molecule has 0 aromatic heterocycles. The average molecular weight is 285 g/mol. The highest BCUT2D eigenvalue weighted by Crippen LogP contribution is 2.15. The summed E-state index contributed by atoms with van der Waals surface area (Å²) >= 11 is 0. The van der Waals surface area contributed by atoms with E-state index in [0.717, 1.165) is 0 Å². The van der Waals surface area contributed by atoms with Crippen LogP contribution in [0.15, 0.2) is 0 Å². The van der Waals surface area contributed by atoms with Crippen molar-refractivity contribution in [3.63, 3.8) is 0 Å². The normalized spacial score (nSPS) is 25.8. The molecular formula is C14H32N2Si2. The summed E-state index contributed by atoms with van der Waals surface area (Å²) in [5.41, 5.74) is 0. The topological polar surface area (TPSA) is 6.48 Å². The minimum absolute atomic E-state index is 0.131. The second kappa shape index (κ2) is 8.51. The number of hydrogen-bond acceptors (Lipinski definition) is 2. The molecule has 1 atom stereocenters. The summed E-state index contributed by atoms with van der Waals surface area (Å²) in [7, 11) is -0.389. The maximum atomic E-state index is 2.87. The molecule has 2 rings (SSSR count). The van der Waals surface area contributed by atoms with Gasteiger partial charge in [0, 0.05) is 0 Å². The molecule has 106 valence electrons. The van der Waals surface area contributed by atoms with Gasteiger partial charge in [0.05, 0.1) is 9.68 Å². The quantitative estimate of drug-likeness (QED) is 0.545. The molecule has 0 saturated carbocycles. The molecule has 2 aliphatic heterocycles. The lowest BCUT2D eigenvalue weighted by Crippen LogP contribution is -2.40. The van der Waals surface area contributed by atoms with Crippen LogP contribution in [0.5, 0.6) is 0 Å².